The molecule has 0 unspecified atom stereocenters. The van der Waals surface area contributed by atoms with E-state index in [0.29, 0.717) is 0 Å². The van der Waals surface area contributed by atoms with Gasteiger partial charge in [0.15, 0.2) is 0 Å². The molecule has 4 nitrogen and oxygen atoms in total. The zero-order chi connectivity index (χ0) is 30.2. The maximum absolute atomic E-state index is 6.73. The van der Waals surface area contributed by atoms with E-state index in [2.05, 4.69) is 153 Å². The van der Waals surface area contributed by atoms with Crippen LogP contribution >= 0.6 is 0 Å². The number of rotatable bonds is 0. The van der Waals surface area contributed by atoms with E-state index < -0.39 is 8.40 Å². The first kappa shape index (κ1) is 23.3. The fourth-order valence-corrected chi connectivity index (χ4v) is 15.2. The minimum absolute atomic E-state index is 0.948. The lowest BCUT2D eigenvalue weighted by atomic mass is 10.1. The average molecular weight is 614 g/mol. The number of nitrogens with zero attached hydrogens (tertiary/aromatic N) is 3. The monoisotopic (exact) mass is 613 g/mol. The van der Waals surface area contributed by atoms with Crippen LogP contribution in [0.15, 0.2) is 144 Å². The van der Waals surface area contributed by atoms with E-state index >= 15 is 0 Å². The Balaban J connectivity index is 1.46. The number of furan rings is 1. The molecule has 47 heavy (non-hydrogen) atoms. The van der Waals surface area contributed by atoms with Gasteiger partial charge in [0.2, 0.25) is 0 Å². The van der Waals surface area contributed by atoms with Gasteiger partial charge in [0, 0.05) is 59.4 Å². The molecule has 6 heterocycles. The number of benzene rings is 7. The maximum atomic E-state index is 6.73. The molecule has 216 valence electrons. The Labute approximate surface area is 268 Å². The molecule has 4 aromatic heterocycles. The molecule has 0 fully saturated rings. The van der Waals surface area contributed by atoms with Crippen LogP contribution in [0.5, 0.6) is 0 Å². The third kappa shape index (κ3) is 2.31. The van der Waals surface area contributed by atoms with Crippen molar-refractivity contribution in [1.82, 2.24) is 13.0 Å². The predicted octanol–water partition coefficient (Wildman–Crippen LogP) is 9.18. The molecule has 11 aromatic rings. The standard InChI is InChI=1S/C42H23N3OSi/c1-4-14-30-24(10-1)27-13-9-19-37-40(27)43(30)33-17-7-8-18-36(33)47(37)44-31-15-5-2-11-25(31)28-20-22-34-38(41(28)44)39-35(46-34)23-21-29-26-12-3-6-16-32(26)45(47)42(29)39/h1-23H. The van der Waals surface area contributed by atoms with Crippen molar-refractivity contribution in [3.05, 3.63) is 140 Å². The third-order valence-corrected chi connectivity index (χ3v) is 15.9. The summed E-state index contributed by atoms with van der Waals surface area (Å²) in [7, 11) is -3.22. The summed E-state index contributed by atoms with van der Waals surface area (Å²) in [5, 5.41) is 13.0. The Morgan fingerprint density at radius 3 is 1.53 bits per heavy atom. The van der Waals surface area contributed by atoms with Gasteiger partial charge in [0.1, 0.15) is 11.2 Å². The summed E-state index contributed by atoms with van der Waals surface area (Å²) in [4.78, 5) is 0. The Hall–Kier alpha value is -6.04. The molecule has 0 aliphatic carbocycles. The van der Waals surface area contributed by atoms with Crippen LogP contribution in [0.25, 0.3) is 93.0 Å². The highest BCUT2D eigenvalue weighted by Gasteiger charge is 2.53. The highest BCUT2D eigenvalue weighted by molar-refractivity contribution is 7.04. The first-order valence-corrected chi connectivity index (χ1v) is 18.2. The van der Waals surface area contributed by atoms with Crippen LogP contribution in [0.2, 0.25) is 0 Å². The summed E-state index contributed by atoms with van der Waals surface area (Å²) < 4.78 is 14.9. The molecule has 13 rings (SSSR count). The van der Waals surface area contributed by atoms with Gasteiger partial charge in [-0.2, -0.15) is 0 Å². The molecule has 0 saturated heterocycles. The first-order valence-electron chi connectivity index (χ1n) is 16.3. The number of hydrogen-bond donors (Lipinski definition) is 0. The smallest absolute Gasteiger partial charge is 0.344 e. The van der Waals surface area contributed by atoms with Crippen LogP contribution in [0.4, 0.5) is 0 Å². The number of para-hydroxylation sites is 5. The first-order chi connectivity index (χ1) is 23.4. The zero-order valence-corrected chi connectivity index (χ0v) is 26.0. The van der Waals surface area contributed by atoms with Gasteiger partial charge >= 0.3 is 8.40 Å². The second-order valence-electron chi connectivity index (χ2n) is 13.2. The summed E-state index contributed by atoms with van der Waals surface area (Å²) in [5.74, 6) is 0. The topological polar surface area (TPSA) is 27.9 Å². The maximum Gasteiger partial charge on any atom is 0.344 e. The van der Waals surface area contributed by atoms with Crippen molar-refractivity contribution >= 4 is 106 Å². The third-order valence-electron chi connectivity index (χ3n) is 11.3. The van der Waals surface area contributed by atoms with Crippen molar-refractivity contribution < 1.29 is 4.42 Å². The molecule has 0 bridgehead atoms. The fraction of sp³-hybridized carbons (Fsp3) is 0. The molecule has 0 radical (unpaired) electrons. The van der Waals surface area contributed by atoms with Crippen molar-refractivity contribution in [2.24, 2.45) is 0 Å². The quantitative estimate of drug-likeness (QED) is 0.157. The van der Waals surface area contributed by atoms with Gasteiger partial charge in [-0.1, -0.05) is 91.0 Å². The Bertz CT molecular complexity index is 3130. The number of hydrogen-bond acceptors (Lipinski definition) is 1. The molecule has 7 aromatic carbocycles. The molecule has 2 aliphatic heterocycles. The second-order valence-corrected chi connectivity index (χ2v) is 16.5. The van der Waals surface area contributed by atoms with E-state index in [9.17, 15) is 0 Å². The fourth-order valence-electron chi connectivity index (χ4n) is 9.76. The lowest BCUT2D eigenvalue weighted by Gasteiger charge is -2.41. The highest BCUT2D eigenvalue weighted by Crippen LogP contribution is 2.49. The normalized spacial score (nSPS) is 14.6. The van der Waals surface area contributed by atoms with Gasteiger partial charge in [-0.15, -0.1) is 0 Å². The van der Waals surface area contributed by atoms with Gasteiger partial charge in [-0.05, 0) is 48.5 Å². The SMILES string of the molecule is c1ccc2c(c1)-n1c3ccccc3c3cccc(c31)[Si]21n2c3ccccc3c3ccc4oc5ccc6c7ccccc7n1c6c5c4c32. The molecule has 0 atom stereocenters. The van der Waals surface area contributed by atoms with Gasteiger partial charge in [0.25, 0.3) is 0 Å². The van der Waals surface area contributed by atoms with E-state index in [0.717, 1.165) is 11.2 Å². The molecule has 0 saturated carbocycles. The molecular weight excluding hydrogens is 591 g/mol. The van der Waals surface area contributed by atoms with Gasteiger partial charge in [-0.3, -0.25) is 0 Å². The summed E-state index contributed by atoms with van der Waals surface area (Å²) in [6.07, 6.45) is 0. The van der Waals surface area contributed by atoms with E-state index in [4.69, 9.17) is 4.42 Å². The summed E-state index contributed by atoms with van der Waals surface area (Å²) in [6.45, 7) is 0. The molecular formula is C42H23N3OSi. The van der Waals surface area contributed by atoms with E-state index in [-0.39, 0.29) is 0 Å². The van der Waals surface area contributed by atoms with Crippen LogP contribution in [-0.2, 0) is 0 Å². The van der Waals surface area contributed by atoms with Gasteiger partial charge in [-0.25, -0.2) is 0 Å². The van der Waals surface area contributed by atoms with Crippen molar-refractivity contribution in [3.8, 4) is 5.69 Å². The molecule has 0 amide bonds. The second kappa shape index (κ2) is 7.49. The van der Waals surface area contributed by atoms with E-state index in [1.54, 1.807) is 0 Å². The van der Waals surface area contributed by atoms with Crippen LogP contribution < -0.4 is 10.4 Å². The number of fused-ring (bicyclic) bond motifs is 15. The molecule has 2 aliphatic rings. The van der Waals surface area contributed by atoms with Crippen LogP contribution in [0.1, 0.15) is 0 Å². The van der Waals surface area contributed by atoms with Crippen molar-refractivity contribution in [3.63, 3.8) is 0 Å². The Kier molecular flexibility index (Phi) is 3.72. The number of aromatic nitrogens is 3. The minimum atomic E-state index is -3.22. The van der Waals surface area contributed by atoms with Crippen molar-refractivity contribution in [1.29, 1.82) is 0 Å². The molecule has 5 heteroatoms. The average Bonchev–Trinajstić information content (AvgIpc) is 3.84. The van der Waals surface area contributed by atoms with Gasteiger partial charge in [0.05, 0.1) is 32.8 Å². The van der Waals surface area contributed by atoms with Crippen LogP contribution in [0, 0.1) is 0 Å². The van der Waals surface area contributed by atoms with E-state index in [1.165, 1.54) is 92.3 Å². The lowest BCUT2D eigenvalue weighted by Crippen LogP contribution is -2.71. The highest BCUT2D eigenvalue weighted by atomic mass is 28.3. The predicted molar refractivity (Wildman–Crippen MR) is 196 cm³/mol. The zero-order valence-electron chi connectivity index (χ0n) is 25.0. The summed E-state index contributed by atoms with van der Waals surface area (Å²) >= 11 is 0. The lowest BCUT2D eigenvalue weighted by molar-refractivity contribution is 0.669. The van der Waals surface area contributed by atoms with E-state index in [1.807, 2.05) is 0 Å². The molecule has 0 N–H and O–H groups in total. The van der Waals surface area contributed by atoms with Crippen molar-refractivity contribution in [2.45, 2.75) is 0 Å². The summed E-state index contributed by atoms with van der Waals surface area (Å²) in [5.41, 5.74) is 10.8. The minimum Gasteiger partial charge on any atom is -0.456 e. The largest absolute Gasteiger partial charge is 0.456 e. The van der Waals surface area contributed by atoms with Crippen molar-refractivity contribution in [2.75, 3.05) is 0 Å². The summed E-state index contributed by atoms with van der Waals surface area (Å²) in [6, 6.07) is 52.3. The van der Waals surface area contributed by atoms with Crippen LogP contribution in [-0.4, -0.2) is 21.4 Å². The Morgan fingerprint density at radius 1 is 0.383 bits per heavy atom. The van der Waals surface area contributed by atoms with Gasteiger partial charge < -0.3 is 17.4 Å². The molecule has 1 spiro atoms. The Morgan fingerprint density at radius 2 is 0.872 bits per heavy atom. The van der Waals surface area contributed by atoms with Crippen LogP contribution in [0.3, 0.4) is 0 Å².